The SMILES string of the molecule is COc1ncccc1C(=O)N1CCC(Oc2cccnc2)CC1. The van der Waals surface area contributed by atoms with Gasteiger partial charge in [0.25, 0.3) is 5.91 Å². The number of likely N-dealkylation sites (tertiary alicyclic amines) is 1. The molecule has 0 saturated carbocycles. The molecule has 1 saturated heterocycles. The third-order valence-corrected chi connectivity index (χ3v) is 3.86. The fraction of sp³-hybridized carbons (Fsp3) is 0.353. The first-order valence-corrected chi connectivity index (χ1v) is 7.63. The van der Waals surface area contributed by atoms with E-state index < -0.39 is 0 Å². The molecule has 3 rings (SSSR count). The molecule has 23 heavy (non-hydrogen) atoms. The van der Waals surface area contributed by atoms with Gasteiger partial charge in [0.2, 0.25) is 5.88 Å². The van der Waals surface area contributed by atoms with Gasteiger partial charge in [0, 0.05) is 38.3 Å². The summed E-state index contributed by atoms with van der Waals surface area (Å²) in [6, 6.07) is 7.23. The molecule has 0 bridgehead atoms. The highest BCUT2D eigenvalue weighted by molar-refractivity contribution is 5.96. The summed E-state index contributed by atoms with van der Waals surface area (Å²) in [5.74, 6) is 1.09. The molecule has 0 aliphatic carbocycles. The van der Waals surface area contributed by atoms with Crippen molar-refractivity contribution in [3.05, 3.63) is 48.4 Å². The molecule has 0 N–H and O–H groups in total. The molecule has 6 nitrogen and oxygen atoms in total. The third-order valence-electron chi connectivity index (χ3n) is 3.86. The van der Waals surface area contributed by atoms with Crippen LogP contribution in [0.15, 0.2) is 42.9 Å². The smallest absolute Gasteiger partial charge is 0.259 e. The van der Waals surface area contributed by atoms with Gasteiger partial charge in [-0.3, -0.25) is 9.78 Å². The Balaban J connectivity index is 1.59. The third kappa shape index (κ3) is 3.59. The molecule has 1 aliphatic rings. The van der Waals surface area contributed by atoms with Crippen LogP contribution >= 0.6 is 0 Å². The monoisotopic (exact) mass is 313 g/mol. The van der Waals surface area contributed by atoms with Gasteiger partial charge in [0.05, 0.1) is 13.3 Å². The molecule has 6 heteroatoms. The summed E-state index contributed by atoms with van der Waals surface area (Å²) in [4.78, 5) is 22.5. The quantitative estimate of drug-likeness (QED) is 0.865. The zero-order valence-corrected chi connectivity index (χ0v) is 13.0. The number of carbonyl (C=O) groups excluding carboxylic acids is 1. The Morgan fingerprint density at radius 1 is 1.22 bits per heavy atom. The number of hydrogen-bond donors (Lipinski definition) is 0. The van der Waals surface area contributed by atoms with Crippen molar-refractivity contribution < 1.29 is 14.3 Å². The molecule has 1 aliphatic heterocycles. The first-order chi connectivity index (χ1) is 11.3. The number of amides is 1. The molecule has 2 aromatic heterocycles. The van der Waals surface area contributed by atoms with E-state index in [4.69, 9.17) is 9.47 Å². The standard InChI is InChI=1S/C17H19N3O3/c1-22-16-15(5-3-9-19-16)17(21)20-10-6-13(7-11-20)23-14-4-2-8-18-12-14/h2-5,8-9,12-13H,6-7,10-11H2,1H3. The zero-order chi connectivity index (χ0) is 16.1. The van der Waals surface area contributed by atoms with Crippen molar-refractivity contribution in [2.45, 2.75) is 18.9 Å². The lowest BCUT2D eigenvalue weighted by Crippen LogP contribution is -2.41. The molecular formula is C17H19N3O3. The minimum atomic E-state index is -0.0465. The molecular weight excluding hydrogens is 294 g/mol. The van der Waals surface area contributed by atoms with Crippen LogP contribution in [0.4, 0.5) is 0 Å². The Bertz CT molecular complexity index is 655. The number of ether oxygens (including phenoxy) is 2. The van der Waals surface area contributed by atoms with Crippen LogP contribution in [-0.2, 0) is 0 Å². The fourth-order valence-corrected chi connectivity index (χ4v) is 2.67. The van der Waals surface area contributed by atoms with Crippen LogP contribution < -0.4 is 9.47 Å². The second-order valence-corrected chi connectivity index (χ2v) is 5.36. The Hall–Kier alpha value is -2.63. The number of carbonyl (C=O) groups is 1. The highest BCUT2D eigenvalue weighted by Crippen LogP contribution is 2.21. The average molecular weight is 313 g/mol. The molecule has 1 fully saturated rings. The van der Waals surface area contributed by atoms with Crippen molar-refractivity contribution in [1.82, 2.24) is 14.9 Å². The van der Waals surface area contributed by atoms with Gasteiger partial charge in [-0.2, -0.15) is 0 Å². The second-order valence-electron chi connectivity index (χ2n) is 5.36. The van der Waals surface area contributed by atoms with E-state index in [0.717, 1.165) is 18.6 Å². The highest BCUT2D eigenvalue weighted by atomic mass is 16.5. The van der Waals surface area contributed by atoms with E-state index in [1.165, 1.54) is 7.11 Å². The minimum absolute atomic E-state index is 0.0465. The number of rotatable bonds is 4. The lowest BCUT2D eigenvalue weighted by Gasteiger charge is -2.32. The second kappa shape index (κ2) is 7.09. The van der Waals surface area contributed by atoms with Gasteiger partial charge in [-0.25, -0.2) is 4.98 Å². The lowest BCUT2D eigenvalue weighted by atomic mass is 10.1. The summed E-state index contributed by atoms with van der Waals surface area (Å²) < 4.78 is 11.1. The molecule has 1 amide bonds. The number of piperidine rings is 1. The Morgan fingerprint density at radius 2 is 2.00 bits per heavy atom. The largest absolute Gasteiger partial charge is 0.489 e. The van der Waals surface area contributed by atoms with E-state index in [1.807, 2.05) is 17.0 Å². The van der Waals surface area contributed by atoms with Gasteiger partial charge >= 0.3 is 0 Å². The maximum atomic E-state index is 12.6. The summed E-state index contributed by atoms with van der Waals surface area (Å²) in [6.45, 7) is 1.31. The first kappa shape index (κ1) is 15.3. The van der Waals surface area contributed by atoms with E-state index in [9.17, 15) is 4.79 Å². The predicted molar refractivity (Wildman–Crippen MR) is 84.6 cm³/mol. The van der Waals surface area contributed by atoms with Crippen LogP contribution in [0.1, 0.15) is 23.2 Å². The average Bonchev–Trinajstić information content (AvgIpc) is 2.62. The number of aromatic nitrogens is 2. The number of nitrogens with zero attached hydrogens (tertiary/aromatic N) is 3. The summed E-state index contributed by atoms with van der Waals surface area (Å²) in [7, 11) is 1.52. The van der Waals surface area contributed by atoms with E-state index in [0.29, 0.717) is 24.5 Å². The van der Waals surface area contributed by atoms with Crippen LogP contribution in [0.3, 0.4) is 0 Å². The molecule has 0 spiro atoms. The summed E-state index contributed by atoms with van der Waals surface area (Å²) >= 11 is 0. The first-order valence-electron chi connectivity index (χ1n) is 7.63. The number of pyridine rings is 2. The minimum Gasteiger partial charge on any atom is -0.489 e. The van der Waals surface area contributed by atoms with Crippen molar-refractivity contribution in [3.63, 3.8) is 0 Å². The van der Waals surface area contributed by atoms with Crippen molar-refractivity contribution in [2.24, 2.45) is 0 Å². The topological polar surface area (TPSA) is 64.5 Å². The van der Waals surface area contributed by atoms with E-state index in [-0.39, 0.29) is 12.0 Å². The summed E-state index contributed by atoms with van der Waals surface area (Å²) in [5, 5.41) is 0. The predicted octanol–water partition coefficient (Wildman–Crippen LogP) is 2.17. The Labute approximate surface area is 135 Å². The van der Waals surface area contributed by atoms with E-state index in [1.54, 1.807) is 30.7 Å². The lowest BCUT2D eigenvalue weighted by molar-refractivity contribution is 0.0591. The van der Waals surface area contributed by atoms with Gasteiger partial charge < -0.3 is 14.4 Å². The summed E-state index contributed by atoms with van der Waals surface area (Å²) in [6.07, 6.45) is 6.74. The van der Waals surface area contributed by atoms with Crippen molar-refractivity contribution in [1.29, 1.82) is 0 Å². The van der Waals surface area contributed by atoms with Crippen molar-refractivity contribution in [2.75, 3.05) is 20.2 Å². The molecule has 120 valence electrons. The molecule has 3 heterocycles. The normalized spacial score (nSPS) is 15.3. The Kier molecular flexibility index (Phi) is 4.71. The van der Waals surface area contributed by atoms with Gasteiger partial charge in [-0.1, -0.05) is 0 Å². The maximum Gasteiger partial charge on any atom is 0.259 e. The molecule has 0 unspecified atom stereocenters. The van der Waals surface area contributed by atoms with E-state index >= 15 is 0 Å². The molecule has 0 atom stereocenters. The van der Waals surface area contributed by atoms with Crippen LogP contribution in [0.25, 0.3) is 0 Å². The van der Waals surface area contributed by atoms with Crippen LogP contribution in [0.5, 0.6) is 11.6 Å². The maximum absolute atomic E-state index is 12.6. The van der Waals surface area contributed by atoms with Gasteiger partial charge in [-0.15, -0.1) is 0 Å². The number of methoxy groups -OCH3 is 1. The van der Waals surface area contributed by atoms with Crippen LogP contribution in [-0.4, -0.2) is 47.1 Å². The van der Waals surface area contributed by atoms with Crippen molar-refractivity contribution in [3.8, 4) is 11.6 Å². The zero-order valence-electron chi connectivity index (χ0n) is 13.0. The molecule has 0 aromatic carbocycles. The molecule has 0 radical (unpaired) electrons. The summed E-state index contributed by atoms with van der Waals surface area (Å²) in [5.41, 5.74) is 0.502. The van der Waals surface area contributed by atoms with Gasteiger partial charge in [0.1, 0.15) is 17.4 Å². The molecule has 2 aromatic rings. The number of hydrogen-bond acceptors (Lipinski definition) is 5. The fourth-order valence-electron chi connectivity index (χ4n) is 2.67. The van der Waals surface area contributed by atoms with Crippen LogP contribution in [0, 0.1) is 0 Å². The van der Waals surface area contributed by atoms with Gasteiger partial charge in [-0.05, 0) is 24.3 Å². The van der Waals surface area contributed by atoms with E-state index in [2.05, 4.69) is 9.97 Å². The Morgan fingerprint density at radius 3 is 2.70 bits per heavy atom. The van der Waals surface area contributed by atoms with Crippen LogP contribution in [0.2, 0.25) is 0 Å². The highest BCUT2D eigenvalue weighted by Gasteiger charge is 2.26. The van der Waals surface area contributed by atoms with Crippen molar-refractivity contribution >= 4 is 5.91 Å². The van der Waals surface area contributed by atoms with Gasteiger partial charge in [0.15, 0.2) is 0 Å².